The molecule has 0 aromatic rings. The van der Waals surface area contributed by atoms with Crippen molar-refractivity contribution in [2.75, 3.05) is 13.2 Å². The lowest BCUT2D eigenvalue weighted by molar-refractivity contribution is -0.302. The summed E-state index contributed by atoms with van der Waals surface area (Å²) in [6.45, 7) is 3.60. The first-order valence-electron chi connectivity index (χ1n) is 31.5. The summed E-state index contributed by atoms with van der Waals surface area (Å²) in [5.74, 6) is -0.628. The third-order valence-corrected chi connectivity index (χ3v) is 15.0. The zero-order valence-corrected chi connectivity index (χ0v) is 48.0. The van der Waals surface area contributed by atoms with Gasteiger partial charge < -0.3 is 45.4 Å². The van der Waals surface area contributed by atoms with Gasteiger partial charge in [-0.1, -0.05) is 268 Å². The quantitative estimate of drug-likeness (QED) is 0.0232. The third-order valence-electron chi connectivity index (χ3n) is 15.0. The molecule has 434 valence electrons. The van der Waals surface area contributed by atoms with E-state index in [-0.39, 0.29) is 6.61 Å². The van der Waals surface area contributed by atoms with Crippen molar-refractivity contribution >= 4 is 5.91 Å². The Kier molecular flexibility index (Phi) is 50.3. The van der Waals surface area contributed by atoms with Crippen LogP contribution in [-0.2, 0) is 14.3 Å². The smallest absolute Gasteiger partial charge is 0.249 e. The number of carbonyl (C=O) groups excluding carboxylic acids is 1. The SMILES string of the molecule is CCCCCCC/C=C/CC/C=C/CC/C=C/C(O)C(COC1OC(CO)C(O)C(O)C1O)NC(=O)C(O)CCCCCCCCCCCCCCCCCC/C=C\CCCCCCCCCCCCCCCC. The number of amides is 1. The standard InChI is InChI=1S/C64H119NO9/c1-3-5-7-9-11-13-15-17-19-20-21-22-23-24-25-26-27-28-29-30-31-32-33-34-35-36-37-39-41-43-45-47-49-51-53-58(68)63(72)65-56(55-73-64-62(71)61(70)60(69)59(54-66)74-64)57(67)52-50-48-46-44-42-40-38-18-16-14-12-10-8-6-4-2/h16,18,26-27,42,44,50,52,56-62,64,66-71H,3-15,17,19-25,28-41,43,45-49,51,53-55H2,1-2H3,(H,65,72)/b18-16+,27-26-,44-42+,52-50+. The van der Waals surface area contributed by atoms with Gasteiger partial charge >= 0.3 is 0 Å². The Labute approximate surface area is 455 Å². The molecule has 0 aliphatic carbocycles. The van der Waals surface area contributed by atoms with Gasteiger partial charge in [-0.3, -0.25) is 4.79 Å². The number of aliphatic hydroxyl groups is 6. The van der Waals surface area contributed by atoms with Gasteiger partial charge in [0.2, 0.25) is 5.91 Å². The molecule has 10 heteroatoms. The number of carbonyl (C=O) groups is 1. The second-order valence-electron chi connectivity index (χ2n) is 22.0. The summed E-state index contributed by atoms with van der Waals surface area (Å²) in [4.78, 5) is 13.1. The summed E-state index contributed by atoms with van der Waals surface area (Å²) in [7, 11) is 0. The van der Waals surface area contributed by atoms with Crippen LogP contribution in [0, 0.1) is 0 Å². The van der Waals surface area contributed by atoms with E-state index in [0.29, 0.717) is 19.3 Å². The van der Waals surface area contributed by atoms with Gasteiger partial charge in [0.1, 0.15) is 30.5 Å². The van der Waals surface area contributed by atoms with E-state index in [4.69, 9.17) is 9.47 Å². The normalized spacial score (nSPS) is 19.7. The lowest BCUT2D eigenvalue weighted by atomic mass is 9.99. The van der Waals surface area contributed by atoms with Crippen molar-refractivity contribution in [2.24, 2.45) is 0 Å². The molecule has 0 aromatic carbocycles. The maximum absolute atomic E-state index is 13.1. The zero-order chi connectivity index (χ0) is 53.8. The van der Waals surface area contributed by atoms with E-state index >= 15 is 0 Å². The Hall–Kier alpha value is -1.89. The van der Waals surface area contributed by atoms with Crippen LogP contribution in [0.2, 0.25) is 0 Å². The number of allylic oxidation sites excluding steroid dienone is 7. The highest BCUT2D eigenvalue weighted by molar-refractivity contribution is 5.80. The molecule has 1 heterocycles. The van der Waals surface area contributed by atoms with Crippen molar-refractivity contribution in [3.8, 4) is 0 Å². The maximum atomic E-state index is 13.1. The van der Waals surface area contributed by atoms with Gasteiger partial charge in [-0.25, -0.2) is 0 Å². The number of ether oxygens (including phenoxy) is 2. The number of aliphatic hydroxyl groups excluding tert-OH is 6. The third kappa shape index (κ3) is 41.2. The molecule has 0 bridgehead atoms. The predicted octanol–water partition coefficient (Wildman–Crippen LogP) is 15.0. The Balaban J connectivity index is 2.15. The predicted molar refractivity (Wildman–Crippen MR) is 310 cm³/mol. The highest BCUT2D eigenvalue weighted by atomic mass is 16.7. The molecule has 10 nitrogen and oxygen atoms in total. The monoisotopic (exact) mass is 1050 g/mol. The van der Waals surface area contributed by atoms with Gasteiger partial charge in [-0.2, -0.15) is 0 Å². The van der Waals surface area contributed by atoms with Crippen molar-refractivity contribution in [3.05, 3.63) is 48.6 Å². The summed E-state index contributed by atoms with van der Waals surface area (Å²) in [5.41, 5.74) is 0. The minimum Gasteiger partial charge on any atom is -0.394 e. The van der Waals surface area contributed by atoms with Crippen LogP contribution in [0.15, 0.2) is 48.6 Å². The minimum absolute atomic E-state index is 0.302. The number of unbranched alkanes of at least 4 members (excludes halogenated alkanes) is 37. The lowest BCUT2D eigenvalue weighted by Gasteiger charge is -2.40. The number of rotatable bonds is 54. The van der Waals surface area contributed by atoms with Crippen LogP contribution in [0.5, 0.6) is 0 Å². The molecule has 1 rings (SSSR count). The molecule has 0 spiro atoms. The Morgan fingerprint density at radius 1 is 0.459 bits per heavy atom. The van der Waals surface area contributed by atoms with Crippen LogP contribution in [0.3, 0.4) is 0 Å². The molecule has 0 radical (unpaired) electrons. The molecule has 0 aromatic heterocycles. The molecule has 1 aliphatic rings. The van der Waals surface area contributed by atoms with Crippen molar-refractivity contribution in [2.45, 2.75) is 339 Å². The summed E-state index contributed by atoms with van der Waals surface area (Å²) >= 11 is 0. The molecule has 8 atom stereocenters. The molecule has 0 saturated carbocycles. The van der Waals surface area contributed by atoms with Crippen molar-refractivity contribution < 1.29 is 44.9 Å². The second kappa shape index (κ2) is 53.1. The number of hydrogen-bond acceptors (Lipinski definition) is 9. The Bertz CT molecular complexity index is 1320. The van der Waals surface area contributed by atoms with Gasteiger partial charge in [0.25, 0.3) is 0 Å². The van der Waals surface area contributed by atoms with Crippen LogP contribution < -0.4 is 5.32 Å². The van der Waals surface area contributed by atoms with Gasteiger partial charge in [0.15, 0.2) is 6.29 Å². The van der Waals surface area contributed by atoms with Crippen LogP contribution >= 0.6 is 0 Å². The molecule has 8 unspecified atom stereocenters. The van der Waals surface area contributed by atoms with Crippen molar-refractivity contribution in [1.29, 1.82) is 0 Å². The van der Waals surface area contributed by atoms with Crippen LogP contribution in [0.4, 0.5) is 0 Å². The highest BCUT2D eigenvalue weighted by Crippen LogP contribution is 2.23. The van der Waals surface area contributed by atoms with E-state index < -0.39 is 61.5 Å². The average Bonchev–Trinajstić information content (AvgIpc) is 3.40. The summed E-state index contributed by atoms with van der Waals surface area (Å²) in [5, 5.41) is 65.0. The van der Waals surface area contributed by atoms with E-state index in [1.54, 1.807) is 6.08 Å². The van der Waals surface area contributed by atoms with Gasteiger partial charge in [-0.05, 0) is 70.6 Å². The number of hydrogen-bond donors (Lipinski definition) is 7. The largest absolute Gasteiger partial charge is 0.394 e. The zero-order valence-electron chi connectivity index (χ0n) is 48.0. The van der Waals surface area contributed by atoms with Crippen molar-refractivity contribution in [3.63, 3.8) is 0 Å². The van der Waals surface area contributed by atoms with Crippen LogP contribution in [0.1, 0.15) is 290 Å². The fraction of sp³-hybridized carbons (Fsp3) is 0.859. The first kappa shape index (κ1) is 70.1. The topological polar surface area (TPSA) is 169 Å². The second-order valence-corrected chi connectivity index (χ2v) is 22.0. The lowest BCUT2D eigenvalue weighted by Crippen LogP contribution is -2.60. The summed E-state index contributed by atoms with van der Waals surface area (Å²) in [6, 6.07) is -1.00. The van der Waals surface area contributed by atoms with E-state index in [1.807, 2.05) is 6.08 Å². The molecule has 7 N–H and O–H groups in total. The van der Waals surface area contributed by atoms with E-state index in [0.717, 1.165) is 44.9 Å². The maximum Gasteiger partial charge on any atom is 0.249 e. The average molecular weight is 1050 g/mol. The van der Waals surface area contributed by atoms with E-state index in [1.165, 1.54) is 212 Å². The molecule has 1 fully saturated rings. The van der Waals surface area contributed by atoms with Gasteiger partial charge in [0.05, 0.1) is 25.4 Å². The Morgan fingerprint density at radius 2 is 0.797 bits per heavy atom. The minimum atomic E-state index is -1.62. The highest BCUT2D eigenvalue weighted by Gasteiger charge is 2.44. The van der Waals surface area contributed by atoms with Gasteiger partial charge in [0, 0.05) is 0 Å². The molecular formula is C64H119NO9. The van der Waals surface area contributed by atoms with Crippen LogP contribution in [-0.4, -0.2) is 98.7 Å². The van der Waals surface area contributed by atoms with Crippen LogP contribution in [0.25, 0.3) is 0 Å². The molecule has 1 saturated heterocycles. The fourth-order valence-electron chi connectivity index (χ4n) is 9.90. The van der Waals surface area contributed by atoms with E-state index in [2.05, 4.69) is 55.6 Å². The molecule has 1 amide bonds. The summed E-state index contributed by atoms with van der Waals surface area (Å²) < 4.78 is 11.2. The van der Waals surface area contributed by atoms with Crippen molar-refractivity contribution in [1.82, 2.24) is 5.32 Å². The first-order chi connectivity index (χ1) is 36.3. The van der Waals surface area contributed by atoms with E-state index in [9.17, 15) is 35.4 Å². The first-order valence-corrected chi connectivity index (χ1v) is 31.5. The number of nitrogens with one attached hydrogen (secondary N) is 1. The van der Waals surface area contributed by atoms with Gasteiger partial charge in [-0.15, -0.1) is 0 Å². The molecule has 74 heavy (non-hydrogen) atoms. The summed E-state index contributed by atoms with van der Waals surface area (Å²) in [6.07, 6.45) is 61.1. The Morgan fingerprint density at radius 3 is 1.18 bits per heavy atom. The molecule has 1 aliphatic heterocycles. The fourth-order valence-corrected chi connectivity index (χ4v) is 9.90. The molecular weight excluding hydrogens is 927 g/mol.